The summed E-state index contributed by atoms with van der Waals surface area (Å²) in [7, 11) is 4.86. The van der Waals surface area contributed by atoms with Crippen molar-refractivity contribution in [2.24, 2.45) is 0 Å². The second kappa shape index (κ2) is 7.57. The predicted molar refractivity (Wildman–Crippen MR) is 94.4 cm³/mol. The predicted octanol–water partition coefficient (Wildman–Crippen LogP) is 2.76. The van der Waals surface area contributed by atoms with Crippen LogP contribution in [0.25, 0.3) is 11.5 Å². The number of hydrogen-bond acceptors (Lipinski definition) is 7. The van der Waals surface area contributed by atoms with E-state index in [2.05, 4.69) is 15.1 Å². The average molecular weight is 358 g/mol. The molecule has 0 bridgehead atoms. The van der Waals surface area contributed by atoms with Crippen LogP contribution in [0.2, 0.25) is 0 Å². The van der Waals surface area contributed by atoms with Gasteiger partial charge in [0.05, 0.1) is 26.3 Å². The minimum atomic E-state index is 0.373. The van der Waals surface area contributed by atoms with Gasteiger partial charge in [0.25, 0.3) is 0 Å². The van der Waals surface area contributed by atoms with Gasteiger partial charge in [-0.1, -0.05) is 0 Å². The van der Waals surface area contributed by atoms with Crippen molar-refractivity contribution in [2.45, 2.75) is 27.0 Å². The molecule has 0 saturated heterocycles. The summed E-state index contributed by atoms with van der Waals surface area (Å²) in [5.74, 6) is 3.28. The number of hydrogen-bond donors (Lipinski definition) is 0. The lowest BCUT2D eigenvalue weighted by Crippen LogP contribution is -2.03. The third-order valence-electron chi connectivity index (χ3n) is 4.07. The second-order valence-electron chi connectivity index (χ2n) is 5.79. The highest BCUT2D eigenvalue weighted by atomic mass is 16.5. The summed E-state index contributed by atoms with van der Waals surface area (Å²) in [6.07, 6.45) is 1.65. The Kier molecular flexibility index (Phi) is 5.22. The van der Waals surface area contributed by atoms with Crippen LogP contribution in [0.3, 0.4) is 0 Å². The van der Waals surface area contributed by atoms with Gasteiger partial charge in [0.1, 0.15) is 35.9 Å². The van der Waals surface area contributed by atoms with Gasteiger partial charge in [-0.15, -0.1) is 0 Å². The van der Waals surface area contributed by atoms with Gasteiger partial charge in [0.15, 0.2) is 5.82 Å². The first-order valence-electron chi connectivity index (χ1n) is 8.12. The summed E-state index contributed by atoms with van der Waals surface area (Å²) < 4.78 is 23.5. The minimum Gasteiger partial charge on any atom is -0.496 e. The quantitative estimate of drug-likeness (QED) is 0.642. The van der Waals surface area contributed by atoms with E-state index in [1.165, 1.54) is 0 Å². The highest BCUT2D eigenvalue weighted by molar-refractivity contribution is 5.68. The molecule has 3 rings (SSSR count). The van der Waals surface area contributed by atoms with Crippen molar-refractivity contribution in [3.63, 3.8) is 0 Å². The molecule has 0 amide bonds. The normalized spacial score (nSPS) is 11.0. The molecule has 138 valence electrons. The highest BCUT2D eigenvalue weighted by Gasteiger charge is 2.19. The zero-order chi connectivity index (χ0) is 18.7. The minimum absolute atomic E-state index is 0.373. The van der Waals surface area contributed by atoms with E-state index in [0.717, 1.165) is 28.3 Å². The number of ether oxygens (including phenoxy) is 3. The van der Waals surface area contributed by atoms with Gasteiger partial charge < -0.3 is 18.6 Å². The maximum Gasteiger partial charge on any atom is 0.230 e. The molecule has 8 nitrogen and oxygen atoms in total. The molecular weight excluding hydrogens is 336 g/mol. The van der Waals surface area contributed by atoms with Crippen molar-refractivity contribution in [3.8, 4) is 23.0 Å². The third kappa shape index (κ3) is 3.41. The first-order valence-corrected chi connectivity index (χ1v) is 8.12. The molecule has 8 heteroatoms. The molecule has 0 aliphatic heterocycles. The van der Waals surface area contributed by atoms with Gasteiger partial charge in [-0.25, -0.2) is 14.6 Å². The first kappa shape index (κ1) is 17.9. The maximum absolute atomic E-state index is 5.88. The van der Waals surface area contributed by atoms with Gasteiger partial charge in [0.2, 0.25) is 5.89 Å². The van der Waals surface area contributed by atoms with Gasteiger partial charge in [-0.3, -0.25) is 0 Å². The van der Waals surface area contributed by atoms with Gasteiger partial charge in [-0.05, 0) is 26.0 Å². The Hall–Kier alpha value is -2.87. The lowest BCUT2D eigenvalue weighted by Gasteiger charge is -2.12. The number of nitrogens with zero attached hydrogens (tertiary/aromatic N) is 4. The summed E-state index contributed by atoms with van der Waals surface area (Å²) in [6, 6.07) is 3.76. The Morgan fingerprint density at radius 2 is 1.92 bits per heavy atom. The Balaban J connectivity index is 1.91. The number of aryl methyl sites for hydroxylation is 1. The van der Waals surface area contributed by atoms with Crippen LogP contribution in [-0.2, 0) is 17.9 Å². The van der Waals surface area contributed by atoms with Crippen LogP contribution in [0.5, 0.6) is 11.5 Å². The molecule has 3 aromatic rings. The topological polar surface area (TPSA) is 84.4 Å². The first-order chi connectivity index (χ1) is 12.6. The van der Waals surface area contributed by atoms with Crippen LogP contribution in [0.4, 0.5) is 0 Å². The molecule has 0 aliphatic carbocycles. The lowest BCUT2D eigenvalue weighted by molar-refractivity contribution is 0.177. The van der Waals surface area contributed by atoms with Gasteiger partial charge >= 0.3 is 0 Å². The molecule has 0 radical (unpaired) electrons. The van der Waals surface area contributed by atoms with E-state index in [4.69, 9.17) is 18.6 Å². The largest absolute Gasteiger partial charge is 0.496 e. The van der Waals surface area contributed by atoms with Crippen LogP contribution in [0.1, 0.15) is 22.8 Å². The summed E-state index contributed by atoms with van der Waals surface area (Å²) in [6.45, 7) is 4.65. The number of methoxy groups -OCH3 is 3. The van der Waals surface area contributed by atoms with E-state index in [1.54, 1.807) is 32.3 Å². The van der Waals surface area contributed by atoms with Crippen molar-refractivity contribution in [1.29, 1.82) is 0 Å². The summed E-state index contributed by atoms with van der Waals surface area (Å²) in [5.41, 5.74) is 2.45. The number of oxazole rings is 1. The summed E-state index contributed by atoms with van der Waals surface area (Å²) in [5, 5.41) is 4.35. The van der Waals surface area contributed by atoms with Crippen LogP contribution in [0.15, 0.2) is 22.9 Å². The molecule has 0 unspecified atom stereocenters. The lowest BCUT2D eigenvalue weighted by atomic mass is 10.1. The van der Waals surface area contributed by atoms with Crippen molar-refractivity contribution in [3.05, 3.63) is 41.3 Å². The maximum atomic E-state index is 5.88. The zero-order valence-corrected chi connectivity index (χ0v) is 15.6. The fraction of sp³-hybridized carbons (Fsp3) is 0.389. The molecule has 1 aromatic carbocycles. The van der Waals surface area contributed by atoms with Crippen LogP contribution in [-0.4, -0.2) is 41.1 Å². The Morgan fingerprint density at radius 3 is 2.62 bits per heavy atom. The van der Waals surface area contributed by atoms with Gasteiger partial charge in [0, 0.05) is 12.7 Å². The standard InChI is InChI=1S/C18H22N4O4/c1-11-15(24-4)7-6-13(17(11)25-5)18-20-14(12(2)26-18)8-22-10-19-16(21-22)9-23-3/h6-7,10H,8-9H2,1-5H3. The Labute approximate surface area is 151 Å². The Bertz CT molecular complexity index is 901. The van der Waals surface area contributed by atoms with E-state index in [-0.39, 0.29) is 0 Å². The van der Waals surface area contributed by atoms with Crippen LogP contribution >= 0.6 is 0 Å². The third-order valence-corrected chi connectivity index (χ3v) is 4.07. The molecule has 0 atom stereocenters. The number of benzene rings is 1. The fourth-order valence-corrected chi connectivity index (χ4v) is 2.77. The monoisotopic (exact) mass is 358 g/mol. The van der Waals surface area contributed by atoms with Crippen molar-refractivity contribution in [1.82, 2.24) is 19.7 Å². The summed E-state index contributed by atoms with van der Waals surface area (Å²) in [4.78, 5) is 8.82. The second-order valence-corrected chi connectivity index (χ2v) is 5.79. The molecular formula is C18H22N4O4. The summed E-state index contributed by atoms with van der Waals surface area (Å²) >= 11 is 0. The molecule has 0 N–H and O–H groups in total. The molecule has 0 fully saturated rings. The van der Waals surface area contributed by atoms with E-state index in [1.807, 2.05) is 26.0 Å². The SMILES string of the molecule is COCc1ncn(Cc2nc(-c3ccc(OC)c(C)c3OC)oc2C)n1. The molecule has 0 spiro atoms. The number of aromatic nitrogens is 4. The zero-order valence-electron chi connectivity index (χ0n) is 15.6. The molecule has 2 heterocycles. The number of rotatable bonds is 7. The fourth-order valence-electron chi connectivity index (χ4n) is 2.77. The molecule has 2 aromatic heterocycles. The Morgan fingerprint density at radius 1 is 1.12 bits per heavy atom. The van der Waals surface area contributed by atoms with Crippen molar-refractivity contribution in [2.75, 3.05) is 21.3 Å². The molecule has 26 heavy (non-hydrogen) atoms. The van der Waals surface area contributed by atoms with E-state index >= 15 is 0 Å². The smallest absolute Gasteiger partial charge is 0.230 e. The van der Waals surface area contributed by atoms with Crippen LogP contribution in [0, 0.1) is 13.8 Å². The van der Waals surface area contributed by atoms with E-state index < -0.39 is 0 Å². The van der Waals surface area contributed by atoms with E-state index in [9.17, 15) is 0 Å². The van der Waals surface area contributed by atoms with E-state index in [0.29, 0.717) is 30.6 Å². The van der Waals surface area contributed by atoms with Crippen molar-refractivity contribution >= 4 is 0 Å². The average Bonchev–Trinajstić information content (AvgIpc) is 3.22. The highest BCUT2D eigenvalue weighted by Crippen LogP contribution is 2.37. The molecule has 0 aliphatic rings. The van der Waals surface area contributed by atoms with Crippen molar-refractivity contribution < 1.29 is 18.6 Å². The molecule has 0 saturated carbocycles. The van der Waals surface area contributed by atoms with Gasteiger partial charge in [-0.2, -0.15) is 5.10 Å². The van der Waals surface area contributed by atoms with Crippen LogP contribution < -0.4 is 9.47 Å².